The average Bonchev–Trinajstić information content (AvgIpc) is 2.95. The van der Waals surface area contributed by atoms with E-state index < -0.39 is 0 Å². The van der Waals surface area contributed by atoms with Crippen molar-refractivity contribution >= 4 is 11.6 Å². The number of rotatable bonds is 5. The van der Waals surface area contributed by atoms with E-state index in [-0.39, 0.29) is 12.5 Å². The number of benzene rings is 2. The van der Waals surface area contributed by atoms with Crippen molar-refractivity contribution in [2.45, 2.75) is 27.7 Å². The predicted molar refractivity (Wildman–Crippen MR) is 101 cm³/mol. The topological polar surface area (TPSA) is 64.4 Å². The Kier molecular flexibility index (Phi) is 5.07. The Labute approximate surface area is 153 Å². The number of amides is 1. The molecule has 0 aliphatic heterocycles. The normalized spacial score (nSPS) is 10.6. The third-order valence-electron chi connectivity index (χ3n) is 4.27. The van der Waals surface area contributed by atoms with Gasteiger partial charge in [0, 0.05) is 11.3 Å². The van der Waals surface area contributed by atoms with E-state index in [1.807, 2.05) is 70.2 Å². The summed E-state index contributed by atoms with van der Waals surface area (Å²) in [6.07, 6.45) is 0. The number of carbonyl (C=O) groups excluding carboxylic acids is 1. The lowest BCUT2D eigenvalue weighted by molar-refractivity contribution is -0.118. The predicted octanol–water partition coefficient (Wildman–Crippen LogP) is 4.59. The maximum Gasteiger partial charge on any atom is 0.262 e. The second-order valence-electron chi connectivity index (χ2n) is 6.32. The van der Waals surface area contributed by atoms with Gasteiger partial charge in [-0.25, -0.2) is 4.98 Å². The second kappa shape index (κ2) is 7.44. The Hall–Kier alpha value is -3.08. The van der Waals surface area contributed by atoms with E-state index in [9.17, 15) is 4.79 Å². The quantitative estimate of drug-likeness (QED) is 0.731. The third kappa shape index (κ3) is 4.11. The maximum absolute atomic E-state index is 12.2. The fourth-order valence-corrected chi connectivity index (χ4v) is 2.48. The number of oxazole rings is 1. The number of nitrogens with zero attached hydrogens (tertiary/aromatic N) is 1. The minimum absolute atomic E-state index is 0.0516. The van der Waals surface area contributed by atoms with Crippen LogP contribution in [-0.4, -0.2) is 17.5 Å². The first-order valence-electron chi connectivity index (χ1n) is 8.47. The fraction of sp³-hybridized carbons (Fsp3) is 0.238. The first-order valence-corrected chi connectivity index (χ1v) is 8.47. The molecule has 0 atom stereocenters. The standard InChI is InChI=1S/C21H22N2O3/c1-13-8-9-19(10-14(13)2)25-12-20(24)23-18-7-5-6-17(11-18)21-22-15(3)16(4)26-21/h5-11H,12H2,1-4H3,(H,23,24). The van der Waals surface area contributed by atoms with Crippen molar-refractivity contribution in [1.82, 2.24) is 4.98 Å². The van der Waals surface area contributed by atoms with Gasteiger partial charge in [0.05, 0.1) is 5.69 Å². The number of hydrogen-bond donors (Lipinski definition) is 1. The summed E-state index contributed by atoms with van der Waals surface area (Å²) in [5.74, 6) is 1.79. The van der Waals surface area contributed by atoms with Crippen molar-refractivity contribution < 1.29 is 13.9 Å². The van der Waals surface area contributed by atoms with E-state index in [1.165, 1.54) is 5.56 Å². The minimum atomic E-state index is -0.222. The average molecular weight is 350 g/mol. The summed E-state index contributed by atoms with van der Waals surface area (Å²) in [7, 11) is 0. The molecule has 0 fully saturated rings. The third-order valence-corrected chi connectivity index (χ3v) is 4.27. The summed E-state index contributed by atoms with van der Waals surface area (Å²) >= 11 is 0. The molecule has 5 heteroatoms. The Morgan fingerprint density at radius 3 is 2.58 bits per heavy atom. The van der Waals surface area contributed by atoms with Crippen LogP contribution in [0.5, 0.6) is 5.75 Å². The van der Waals surface area contributed by atoms with Crippen molar-refractivity contribution in [3.05, 3.63) is 65.0 Å². The van der Waals surface area contributed by atoms with Gasteiger partial charge < -0.3 is 14.5 Å². The molecule has 1 amide bonds. The lowest BCUT2D eigenvalue weighted by atomic mass is 10.1. The van der Waals surface area contributed by atoms with Gasteiger partial charge in [0.15, 0.2) is 6.61 Å². The molecule has 1 aromatic heterocycles. The molecule has 0 aliphatic carbocycles. The lowest BCUT2D eigenvalue weighted by Crippen LogP contribution is -2.20. The molecular formula is C21H22N2O3. The molecule has 1 heterocycles. The van der Waals surface area contributed by atoms with E-state index in [0.29, 0.717) is 17.3 Å². The summed E-state index contributed by atoms with van der Waals surface area (Å²) in [5, 5.41) is 2.84. The van der Waals surface area contributed by atoms with Crippen LogP contribution in [0, 0.1) is 27.7 Å². The number of anilines is 1. The molecule has 0 spiro atoms. The van der Waals surface area contributed by atoms with Gasteiger partial charge in [-0.1, -0.05) is 12.1 Å². The van der Waals surface area contributed by atoms with Crippen LogP contribution in [0.15, 0.2) is 46.9 Å². The van der Waals surface area contributed by atoms with Crippen molar-refractivity contribution in [2.24, 2.45) is 0 Å². The molecule has 0 saturated heterocycles. The minimum Gasteiger partial charge on any atom is -0.484 e. The molecule has 0 saturated carbocycles. The fourth-order valence-electron chi connectivity index (χ4n) is 2.48. The largest absolute Gasteiger partial charge is 0.484 e. The lowest BCUT2D eigenvalue weighted by Gasteiger charge is -2.09. The molecule has 3 rings (SSSR count). The van der Waals surface area contributed by atoms with Crippen LogP contribution < -0.4 is 10.1 Å². The summed E-state index contributed by atoms with van der Waals surface area (Å²) < 4.78 is 11.2. The molecule has 2 aromatic carbocycles. The highest BCUT2D eigenvalue weighted by Crippen LogP contribution is 2.24. The van der Waals surface area contributed by atoms with Crippen LogP contribution in [0.4, 0.5) is 5.69 Å². The maximum atomic E-state index is 12.2. The zero-order chi connectivity index (χ0) is 18.7. The Balaban J connectivity index is 1.64. The van der Waals surface area contributed by atoms with Gasteiger partial charge in [-0.2, -0.15) is 0 Å². The molecule has 0 bridgehead atoms. The van der Waals surface area contributed by atoms with Crippen molar-refractivity contribution in [3.8, 4) is 17.2 Å². The number of carbonyl (C=O) groups is 1. The Morgan fingerprint density at radius 1 is 1.08 bits per heavy atom. The van der Waals surface area contributed by atoms with Gasteiger partial charge >= 0.3 is 0 Å². The molecule has 5 nitrogen and oxygen atoms in total. The number of ether oxygens (including phenoxy) is 1. The highest BCUT2D eigenvalue weighted by Gasteiger charge is 2.10. The second-order valence-corrected chi connectivity index (χ2v) is 6.32. The molecule has 134 valence electrons. The molecule has 26 heavy (non-hydrogen) atoms. The first-order chi connectivity index (χ1) is 12.4. The van der Waals surface area contributed by atoms with Crippen LogP contribution in [0.25, 0.3) is 11.5 Å². The number of hydrogen-bond acceptors (Lipinski definition) is 4. The van der Waals surface area contributed by atoms with E-state index in [2.05, 4.69) is 10.3 Å². The summed E-state index contributed by atoms with van der Waals surface area (Å²) in [4.78, 5) is 16.6. The van der Waals surface area contributed by atoms with Crippen LogP contribution in [0.2, 0.25) is 0 Å². The van der Waals surface area contributed by atoms with Gasteiger partial charge in [0.1, 0.15) is 11.5 Å². The SMILES string of the molecule is Cc1ccc(OCC(=O)Nc2cccc(-c3nc(C)c(C)o3)c2)cc1C. The van der Waals surface area contributed by atoms with E-state index >= 15 is 0 Å². The van der Waals surface area contributed by atoms with Crippen LogP contribution in [0.1, 0.15) is 22.6 Å². The van der Waals surface area contributed by atoms with Crippen molar-refractivity contribution in [3.63, 3.8) is 0 Å². The van der Waals surface area contributed by atoms with Crippen LogP contribution >= 0.6 is 0 Å². The smallest absolute Gasteiger partial charge is 0.262 e. The highest BCUT2D eigenvalue weighted by molar-refractivity contribution is 5.92. The summed E-state index contributed by atoms with van der Waals surface area (Å²) in [6.45, 7) is 7.78. The molecule has 1 N–H and O–H groups in total. The number of aryl methyl sites for hydroxylation is 4. The van der Waals surface area contributed by atoms with Gasteiger partial charge in [-0.15, -0.1) is 0 Å². The van der Waals surface area contributed by atoms with Crippen molar-refractivity contribution in [1.29, 1.82) is 0 Å². The van der Waals surface area contributed by atoms with E-state index in [1.54, 1.807) is 0 Å². The zero-order valence-corrected chi connectivity index (χ0v) is 15.4. The Bertz CT molecular complexity index is 925. The van der Waals surface area contributed by atoms with Crippen LogP contribution in [-0.2, 0) is 4.79 Å². The monoisotopic (exact) mass is 350 g/mol. The van der Waals surface area contributed by atoms with Gasteiger partial charge in [0.2, 0.25) is 5.89 Å². The summed E-state index contributed by atoms with van der Waals surface area (Å²) in [6, 6.07) is 13.2. The zero-order valence-electron chi connectivity index (χ0n) is 15.4. The highest BCUT2D eigenvalue weighted by atomic mass is 16.5. The number of nitrogens with one attached hydrogen (secondary N) is 1. The van der Waals surface area contributed by atoms with Gasteiger partial charge in [-0.05, 0) is 69.2 Å². The molecule has 3 aromatic rings. The molecular weight excluding hydrogens is 328 g/mol. The molecule has 0 unspecified atom stereocenters. The summed E-state index contributed by atoms with van der Waals surface area (Å²) in [5.41, 5.74) is 4.66. The molecule has 0 radical (unpaired) electrons. The first kappa shape index (κ1) is 17.7. The van der Waals surface area contributed by atoms with E-state index in [4.69, 9.17) is 9.15 Å². The van der Waals surface area contributed by atoms with Crippen LogP contribution in [0.3, 0.4) is 0 Å². The molecule has 0 aliphatic rings. The van der Waals surface area contributed by atoms with Gasteiger partial charge in [0.25, 0.3) is 5.91 Å². The van der Waals surface area contributed by atoms with Crippen molar-refractivity contribution in [2.75, 3.05) is 11.9 Å². The van der Waals surface area contributed by atoms with Gasteiger partial charge in [-0.3, -0.25) is 4.79 Å². The number of aromatic nitrogens is 1. The Morgan fingerprint density at radius 2 is 1.88 bits per heavy atom. The van der Waals surface area contributed by atoms with E-state index in [0.717, 1.165) is 22.6 Å².